The van der Waals surface area contributed by atoms with E-state index in [1.54, 1.807) is 15.4 Å². The minimum Gasteiger partial charge on any atom is -0.322 e. The zero-order valence-corrected chi connectivity index (χ0v) is 19.8. The lowest BCUT2D eigenvalue weighted by Gasteiger charge is -2.25. The van der Waals surface area contributed by atoms with E-state index in [0.29, 0.717) is 20.6 Å². The molecule has 1 aliphatic rings. The molecule has 7 nitrogen and oxygen atoms in total. The maximum absolute atomic E-state index is 13.6. The molecule has 1 aliphatic heterocycles. The molecule has 1 atom stereocenters. The Morgan fingerprint density at radius 2 is 1.82 bits per heavy atom. The van der Waals surface area contributed by atoms with E-state index < -0.39 is 6.04 Å². The third-order valence-electron chi connectivity index (χ3n) is 5.80. The zero-order valence-electron chi connectivity index (χ0n) is 19.0. The largest absolute Gasteiger partial charge is 0.322 e. The van der Waals surface area contributed by atoms with Crippen LogP contribution in [0.15, 0.2) is 88.0 Å². The van der Waals surface area contributed by atoms with Gasteiger partial charge < -0.3 is 5.32 Å². The second kappa shape index (κ2) is 8.72. The van der Waals surface area contributed by atoms with Crippen LogP contribution in [0, 0.1) is 6.92 Å². The number of anilines is 1. The predicted octanol–water partition coefficient (Wildman–Crippen LogP) is 2.92. The molecule has 1 N–H and O–H groups in total. The molecule has 8 heteroatoms. The van der Waals surface area contributed by atoms with Crippen molar-refractivity contribution in [2.24, 2.45) is 12.0 Å². The van der Waals surface area contributed by atoms with E-state index in [1.807, 2.05) is 87.8 Å². The van der Waals surface area contributed by atoms with Crippen LogP contribution in [0.3, 0.4) is 0 Å². The number of thiazole rings is 1. The highest BCUT2D eigenvalue weighted by molar-refractivity contribution is 7.07. The van der Waals surface area contributed by atoms with Crippen LogP contribution in [0.25, 0.3) is 6.08 Å². The molecule has 0 spiro atoms. The average Bonchev–Trinajstić information content (AvgIpc) is 3.37. The fraction of sp³-hybridized carbons (Fsp3) is 0.154. The van der Waals surface area contributed by atoms with Crippen LogP contribution in [0.2, 0.25) is 0 Å². The van der Waals surface area contributed by atoms with Crippen molar-refractivity contribution in [3.05, 3.63) is 115 Å². The molecule has 0 radical (unpaired) electrons. The monoisotopic (exact) mass is 469 g/mol. The van der Waals surface area contributed by atoms with Crippen molar-refractivity contribution in [2.75, 3.05) is 5.32 Å². The van der Waals surface area contributed by atoms with Crippen molar-refractivity contribution in [1.82, 2.24) is 14.3 Å². The number of amides is 1. The summed E-state index contributed by atoms with van der Waals surface area (Å²) in [5, 5.41) is 7.20. The standard InChI is InChI=1S/C26H23N5O2S/c1-16-9-7-8-12-20(16)29-24(32)22-17(2)28-26-31(23(22)19-10-5-4-6-11-19)25(33)21(34-26)13-18-14-27-30(3)15-18/h4-15,23H,1-3H3,(H,29,32)/b21-13+/t23-/m1/s1. The van der Waals surface area contributed by atoms with Crippen molar-refractivity contribution < 1.29 is 4.79 Å². The lowest BCUT2D eigenvalue weighted by molar-refractivity contribution is -0.113. The first-order chi connectivity index (χ1) is 16.4. The molecule has 1 amide bonds. The third kappa shape index (κ3) is 3.92. The summed E-state index contributed by atoms with van der Waals surface area (Å²) in [6.45, 7) is 3.76. The second-order valence-electron chi connectivity index (χ2n) is 8.21. The summed E-state index contributed by atoms with van der Waals surface area (Å²) in [5.74, 6) is -0.272. The van der Waals surface area contributed by atoms with Gasteiger partial charge in [-0.05, 0) is 37.1 Å². The van der Waals surface area contributed by atoms with E-state index in [-0.39, 0.29) is 11.5 Å². The van der Waals surface area contributed by atoms with Crippen molar-refractivity contribution >= 4 is 29.0 Å². The summed E-state index contributed by atoms with van der Waals surface area (Å²) < 4.78 is 3.86. The number of carbonyl (C=O) groups is 1. The number of carbonyl (C=O) groups excluding carboxylic acids is 1. The number of aromatic nitrogens is 3. The summed E-state index contributed by atoms with van der Waals surface area (Å²) in [6, 6.07) is 16.6. The molecule has 0 unspecified atom stereocenters. The summed E-state index contributed by atoms with van der Waals surface area (Å²) in [5.41, 5.74) is 4.23. The van der Waals surface area contributed by atoms with Gasteiger partial charge in [0, 0.05) is 24.5 Å². The van der Waals surface area contributed by atoms with Crippen molar-refractivity contribution in [3.63, 3.8) is 0 Å². The fourth-order valence-corrected chi connectivity index (χ4v) is 5.18. The van der Waals surface area contributed by atoms with Crippen LogP contribution >= 0.6 is 11.3 Å². The number of para-hydroxylation sites is 1. The second-order valence-corrected chi connectivity index (χ2v) is 9.22. The van der Waals surface area contributed by atoms with Crippen LogP contribution in [0.5, 0.6) is 0 Å². The van der Waals surface area contributed by atoms with Gasteiger partial charge in [0.05, 0.1) is 28.0 Å². The van der Waals surface area contributed by atoms with Crippen LogP contribution in [-0.4, -0.2) is 20.3 Å². The smallest absolute Gasteiger partial charge is 0.271 e. The van der Waals surface area contributed by atoms with Crippen molar-refractivity contribution in [3.8, 4) is 0 Å². The number of benzene rings is 2. The summed E-state index contributed by atoms with van der Waals surface area (Å²) in [7, 11) is 1.83. The molecule has 5 rings (SSSR count). The summed E-state index contributed by atoms with van der Waals surface area (Å²) in [6.07, 6.45) is 5.36. The molecule has 170 valence electrons. The van der Waals surface area contributed by atoms with Crippen LogP contribution in [-0.2, 0) is 11.8 Å². The molecule has 4 aromatic rings. The van der Waals surface area contributed by atoms with Gasteiger partial charge in [0.15, 0.2) is 4.80 Å². The topological polar surface area (TPSA) is 81.3 Å². The van der Waals surface area contributed by atoms with Crippen LogP contribution in [0.4, 0.5) is 5.69 Å². The highest BCUT2D eigenvalue weighted by Gasteiger charge is 2.32. The molecule has 34 heavy (non-hydrogen) atoms. The first kappa shape index (κ1) is 21.8. The minimum atomic E-state index is -0.586. The summed E-state index contributed by atoms with van der Waals surface area (Å²) in [4.78, 5) is 32.4. The Morgan fingerprint density at radius 1 is 1.09 bits per heavy atom. The van der Waals surface area contributed by atoms with Gasteiger partial charge in [-0.25, -0.2) is 4.99 Å². The number of rotatable bonds is 4. The highest BCUT2D eigenvalue weighted by atomic mass is 32.1. The average molecular weight is 470 g/mol. The number of nitrogens with one attached hydrogen (secondary N) is 1. The lowest BCUT2D eigenvalue weighted by atomic mass is 9.95. The number of allylic oxidation sites excluding steroid dienone is 1. The first-order valence-corrected chi connectivity index (χ1v) is 11.7. The van der Waals surface area contributed by atoms with E-state index in [1.165, 1.54) is 11.3 Å². The van der Waals surface area contributed by atoms with Gasteiger partial charge in [0.2, 0.25) is 0 Å². The predicted molar refractivity (Wildman–Crippen MR) is 133 cm³/mol. The SMILES string of the molecule is CC1=C(C(=O)Nc2ccccc2C)[C@@H](c2ccccc2)n2c(s/c(=C/c3cnn(C)c3)c2=O)=N1. The molecule has 2 aromatic carbocycles. The minimum absolute atomic E-state index is 0.185. The molecular weight excluding hydrogens is 446 g/mol. The quantitative estimate of drug-likeness (QED) is 0.499. The van der Waals surface area contributed by atoms with E-state index in [0.717, 1.165) is 22.4 Å². The van der Waals surface area contributed by atoms with Crippen molar-refractivity contribution in [1.29, 1.82) is 0 Å². The van der Waals surface area contributed by atoms with Gasteiger partial charge in [-0.3, -0.25) is 18.8 Å². The molecule has 0 saturated heterocycles. The normalized spacial score (nSPS) is 15.7. The Balaban J connectivity index is 1.67. The van der Waals surface area contributed by atoms with Gasteiger partial charge in [0.25, 0.3) is 11.5 Å². The molecule has 3 heterocycles. The first-order valence-electron chi connectivity index (χ1n) is 10.9. The molecule has 0 saturated carbocycles. The number of fused-ring (bicyclic) bond motifs is 1. The van der Waals surface area contributed by atoms with Gasteiger partial charge in [0.1, 0.15) is 0 Å². The summed E-state index contributed by atoms with van der Waals surface area (Å²) >= 11 is 1.31. The Bertz CT molecular complexity index is 1610. The maximum Gasteiger partial charge on any atom is 0.271 e. The molecule has 0 bridgehead atoms. The molecule has 2 aromatic heterocycles. The van der Waals surface area contributed by atoms with Gasteiger partial charge >= 0.3 is 0 Å². The Labute approximate surface area is 200 Å². The Kier molecular flexibility index (Phi) is 5.59. The third-order valence-corrected chi connectivity index (χ3v) is 6.78. The molecule has 0 aliphatic carbocycles. The van der Waals surface area contributed by atoms with E-state index >= 15 is 0 Å². The highest BCUT2D eigenvalue weighted by Crippen LogP contribution is 2.31. The van der Waals surface area contributed by atoms with E-state index in [2.05, 4.69) is 15.4 Å². The zero-order chi connectivity index (χ0) is 23.8. The van der Waals surface area contributed by atoms with Crippen LogP contribution < -0.4 is 20.2 Å². The lowest BCUT2D eigenvalue weighted by Crippen LogP contribution is -2.40. The molecular formula is C26H23N5O2S. The van der Waals surface area contributed by atoms with E-state index in [9.17, 15) is 9.59 Å². The number of hydrogen-bond acceptors (Lipinski definition) is 5. The van der Waals surface area contributed by atoms with Gasteiger partial charge in [-0.15, -0.1) is 0 Å². The van der Waals surface area contributed by atoms with Gasteiger partial charge in [-0.2, -0.15) is 5.10 Å². The molecule has 0 fully saturated rings. The fourth-order valence-electron chi connectivity index (χ4n) is 4.13. The number of hydrogen-bond donors (Lipinski definition) is 1. The van der Waals surface area contributed by atoms with Crippen LogP contribution in [0.1, 0.15) is 29.7 Å². The number of nitrogens with zero attached hydrogens (tertiary/aromatic N) is 4. The number of aryl methyl sites for hydroxylation is 2. The van der Waals surface area contributed by atoms with Crippen molar-refractivity contribution in [2.45, 2.75) is 19.9 Å². The Hall–Kier alpha value is -4.04. The maximum atomic E-state index is 13.6. The van der Waals surface area contributed by atoms with Gasteiger partial charge in [-0.1, -0.05) is 59.9 Å². The Morgan fingerprint density at radius 3 is 2.53 bits per heavy atom. The van der Waals surface area contributed by atoms with E-state index in [4.69, 9.17) is 0 Å².